The van der Waals surface area contributed by atoms with Gasteiger partial charge < -0.3 is 19.5 Å². The van der Waals surface area contributed by atoms with Gasteiger partial charge >= 0.3 is 5.97 Å². The number of carbonyl (C=O) groups is 1. The molecule has 1 rings (SSSR count). The molecule has 0 saturated carbocycles. The SMILES string of the molecule is COC(=O)C(NCC1CCOCO1)C(C)C. The number of rotatable bonds is 5. The normalized spacial score (nSPS) is 23.1. The summed E-state index contributed by atoms with van der Waals surface area (Å²) in [5.41, 5.74) is 0. The van der Waals surface area contributed by atoms with Crippen LogP contribution >= 0.6 is 0 Å². The number of hydrogen-bond donors (Lipinski definition) is 1. The first-order valence-corrected chi connectivity index (χ1v) is 5.65. The average Bonchev–Trinajstić information content (AvgIpc) is 2.30. The molecule has 0 aromatic rings. The monoisotopic (exact) mass is 231 g/mol. The summed E-state index contributed by atoms with van der Waals surface area (Å²) in [5, 5.41) is 3.18. The molecule has 0 amide bonds. The highest BCUT2D eigenvalue weighted by atomic mass is 16.7. The molecule has 16 heavy (non-hydrogen) atoms. The smallest absolute Gasteiger partial charge is 0.323 e. The van der Waals surface area contributed by atoms with E-state index in [-0.39, 0.29) is 24.0 Å². The van der Waals surface area contributed by atoms with Crippen molar-refractivity contribution in [1.29, 1.82) is 0 Å². The minimum atomic E-state index is -0.267. The molecule has 0 aromatic heterocycles. The highest BCUT2D eigenvalue weighted by Crippen LogP contribution is 2.08. The maximum atomic E-state index is 11.5. The predicted molar refractivity (Wildman–Crippen MR) is 59.0 cm³/mol. The zero-order valence-electron chi connectivity index (χ0n) is 10.2. The van der Waals surface area contributed by atoms with E-state index in [9.17, 15) is 4.79 Å². The fourth-order valence-electron chi connectivity index (χ4n) is 1.64. The van der Waals surface area contributed by atoms with Gasteiger partial charge in [0.15, 0.2) is 0 Å². The maximum absolute atomic E-state index is 11.5. The van der Waals surface area contributed by atoms with E-state index in [2.05, 4.69) is 5.32 Å². The second-order valence-electron chi connectivity index (χ2n) is 4.26. The van der Waals surface area contributed by atoms with Gasteiger partial charge in [0.25, 0.3) is 0 Å². The Balaban J connectivity index is 2.34. The number of esters is 1. The summed E-state index contributed by atoms with van der Waals surface area (Å²) in [5.74, 6) is -0.0191. The van der Waals surface area contributed by atoms with Crippen molar-refractivity contribution < 1.29 is 19.0 Å². The second-order valence-corrected chi connectivity index (χ2v) is 4.26. The lowest BCUT2D eigenvalue weighted by Crippen LogP contribution is -2.46. The zero-order valence-corrected chi connectivity index (χ0v) is 10.2. The van der Waals surface area contributed by atoms with Crippen LogP contribution in [0.2, 0.25) is 0 Å². The minimum absolute atomic E-state index is 0.125. The largest absolute Gasteiger partial charge is 0.468 e. The highest BCUT2D eigenvalue weighted by molar-refractivity contribution is 5.75. The van der Waals surface area contributed by atoms with Gasteiger partial charge in [-0.1, -0.05) is 13.8 Å². The lowest BCUT2D eigenvalue weighted by atomic mass is 10.0. The number of nitrogens with one attached hydrogen (secondary N) is 1. The van der Waals surface area contributed by atoms with Crippen molar-refractivity contribution in [2.45, 2.75) is 32.4 Å². The molecular weight excluding hydrogens is 210 g/mol. The molecule has 0 aliphatic carbocycles. The van der Waals surface area contributed by atoms with Crippen LogP contribution in [-0.4, -0.2) is 45.2 Å². The topological polar surface area (TPSA) is 56.8 Å². The summed E-state index contributed by atoms with van der Waals surface area (Å²) in [4.78, 5) is 11.5. The van der Waals surface area contributed by atoms with Crippen molar-refractivity contribution in [2.75, 3.05) is 27.1 Å². The molecule has 2 atom stereocenters. The standard InChI is InChI=1S/C11H21NO4/c1-8(2)10(11(13)14-3)12-6-9-4-5-15-7-16-9/h8-10,12H,4-7H2,1-3H3. The Hall–Kier alpha value is -0.650. The quantitative estimate of drug-likeness (QED) is 0.700. The second kappa shape index (κ2) is 6.83. The maximum Gasteiger partial charge on any atom is 0.323 e. The van der Waals surface area contributed by atoms with Crippen LogP contribution < -0.4 is 5.32 Å². The Labute approximate surface area is 96.4 Å². The van der Waals surface area contributed by atoms with Gasteiger partial charge in [-0.05, 0) is 12.3 Å². The van der Waals surface area contributed by atoms with E-state index in [0.29, 0.717) is 13.3 Å². The lowest BCUT2D eigenvalue weighted by molar-refractivity contribution is -0.147. The van der Waals surface area contributed by atoms with Gasteiger partial charge in [0.2, 0.25) is 0 Å². The summed E-state index contributed by atoms with van der Waals surface area (Å²) < 4.78 is 15.2. The Morgan fingerprint density at radius 1 is 1.56 bits per heavy atom. The van der Waals surface area contributed by atoms with Crippen LogP contribution in [0, 0.1) is 5.92 Å². The summed E-state index contributed by atoms with van der Waals surface area (Å²) in [7, 11) is 1.41. The van der Waals surface area contributed by atoms with Gasteiger partial charge in [-0.25, -0.2) is 0 Å². The molecule has 1 heterocycles. The molecule has 1 N–H and O–H groups in total. The summed E-state index contributed by atoms with van der Waals surface area (Å²) in [6.45, 7) is 5.69. The summed E-state index contributed by atoms with van der Waals surface area (Å²) in [6.07, 6.45) is 0.985. The van der Waals surface area contributed by atoms with Crippen molar-refractivity contribution in [3.63, 3.8) is 0 Å². The molecule has 2 unspecified atom stereocenters. The molecule has 1 aliphatic heterocycles. The van der Waals surface area contributed by atoms with Gasteiger partial charge in [0, 0.05) is 6.54 Å². The van der Waals surface area contributed by atoms with Gasteiger partial charge in [0.05, 0.1) is 19.8 Å². The minimum Gasteiger partial charge on any atom is -0.468 e. The molecule has 0 spiro atoms. The molecule has 0 bridgehead atoms. The van der Waals surface area contributed by atoms with Gasteiger partial charge in [-0.3, -0.25) is 4.79 Å². The third-order valence-corrected chi connectivity index (χ3v) is 2.66. The van der Waals surface area contributed by atoms with E-state index < -0.39 is 0 Å². The van der Waals surface area contributed by atoms with Crippen molar-refractivity contribution in [1.82, 2.24) is 5.32 Å². The Bertz CT molecular complexity index is 214. The highest BCUT2D eigenvalue weighted by Gasteiger charge is 2.24. The lowest BCUT2D eigenvalue weighted by Gasteiger charge is -2.26. The summed E-state index contributed by atoms with van der Waals surface area (Å²) >= 11 is 0. The van der Waals surface area contributed by atoms with E-state index >= 15 is 0 Å². The van der Waals surface area contributed by atoms with Gasteiger partial charge in [-0.2, -0.15) is 0 Å². The third kappa shape index (κ3) is 4.08. The van der Waals surface area contributed by atoms with Crippen LogP contribution in [0.25, 0.3) is 0 Å². The van der Waals surface area contributed by atoms with E-state index in [1.807, 2.05) is 13.8 Å². The fraction of sp³-hybridized carbons (Fsp3) is 0.909. The van der Waals surface area contributed by atoms with Crippen LogP contribution in [0.1, 0.15) is 20.3 Å². The predicted octanol–water partition coefficient (Wildman–Crippen LogP) is 0.537. The third-order valence-electron chi connectivity index (χ3n) is 2.66. The zero-order chi connectivity index (χ0) is 12.0. The number of carbonyl (C=O) groups excluding carboxylic acids is 1. The fourth-order valence-corrected chi connectivity index (χ4v) is 1.64. The van der Waals surface area contributed by atoms with E-state index in [1.54, 1.807) is 0 Å². The Morgan fingerprint density at radius 3 is 2.81 bits per heavy atom. The van der Waals surface area contributed by atoms with Crippen LogP contribution in [0.3, 0.4) is 0 Å². The molecule has 0 aromatic carbocycles. The van der Waals surface area contributed by atoms with Crippen LogP contribution in [0.5, 0.6) is 0 Å². The molecular formula is C11H21NO4. The molecule has 5 nitrogen and oxygen atoms in total. The van der Waals surface area contributed by atoms with Crippen LogP contribution in [0.15, 0.2) is 0 Å². The first kappa shape index (κ1) is 13.4. The number of methoxy groups -OCH3 is 1. The van der Waals surface area contributed by atoms with Crippen molar-refractivity contribution in [3.05, 3.63) is 0 Å². The average molecular weight is 231 g/mol. The van der Waals surface area contributed by atoms with Gasteiger partial charge in [-0.15, -0.1) is 0 Å². The molecule has 1 fully saturated rings. The first-order valence-electron chi connectivity index (χ1n) is 5.65. The molecule has 0 radical (unpaired) electrons. The van der Waals surface area contributed by atoms with E-state index in [4.69, 9.17) is 14.2 Å². The van der Waals surface area contributed by atoms with Gasteiger partial charge in [0.1, 0.15) is 12.8 Å². The van der Waals surface area contributed by atoms with E-state index in [1.165, 1.54) is 7.11 Å². The van der Waals surface area contributed by atoms with Crippen LogP contribution in [0.4, 0.5) is 0 Å². The molecule has 1 saturated heterocycles. The molecule has 94 valence electrons. The number of ether oxygens (including phenoxy) is 3. The molecule has 5 heteroatoms. The molecule has 1 aliphatic rings. The van der Waals surface area contributed by atoms with Crippen molar-refractivity contribution in [3.8, 4) is 0 Å². The Kier molecular flexibility index (Phi) is 5.73. The summed E-state index contributed by atoms with van der Waals surface area (Å²) in [6, 6.07) is -0.267. The first-order chi connectivity index (χ1) is 7.65. The van der Waals surface area contributed by atoms with E-state index in [0.717, 1.165) is 13.0 Å². The number of hydrogen-bond acceptors (Lipinski definition) is 5. The Morgan fingerprint density at radius 2 is 2.31 bits per heavy atom. The van der Waals surface area contributed by atoms with Crippen molar-refractivity contribution in [2.24, 2.45) is 5.92 Å². The van der Waals surface area contributed by atoms with Crippen LogP contribution in [-0.2, 0) is 19.0 Å². The van der Waals surface area contributed by atoms with Crippen molar-refractivity contribution >= 4 is 5.97 Å².